The molecule has 13 heteroatoms. The zero-order valence-corrected chi connectivity index (χ0v) is 16.0. The lowest BCUT2D eigenvalue weighted by Crippen LogP contribution is -2.42. The Hall–Kier alpha value is -1.10. The first-order valence-electron chi connectivity index (χ1n) is 7.30. The van der Waals surface area contributed by atoms with Gasteiger partial charge in [0.1, 0.15) is 17.0 Å². The van der Waals surface area contributed by atoms with Gasteiger partial charge < -0.3 is 4.90 Å². The Labute approximate surface area is 162 Å². The minimum absolute atomic E-state index is 0.0640. The molecule has 3 aliphatic rings. The van der Waals surface area contributed by atoms with Crippen LogP contribution in [0.2, 0.25) is 0 Å². The van der Waals surface area contributed by atoms with E-state index in [0.29, 0.717) is 11.0 Å². The van der Waals surface area contributed by atoms with Crippen molar-refractivity contribution in [2.24, 2.45) is 0 Å². The Kier molecular flexibility index (Phi) is 4.92. The van der Waals surface area contributed by atoms with Gasteiger partial charge in [0.2, 0.25) is 10.0 Å². The third-order valence-corrected chi connectivity index (χ3v) is 6.50. The van der Waals surface area contributed by atoms with Crippen LogP contribution in [0.4, 0.5) is 13.6 Å². The summed E-state index contributed by atoms with van der Waals surface area (Å²) in [6.07, 6.45) is -0.226. The van der Waals surface area contributed by atoms with Crippen molar-refractivity contribution in [3.8, 4) is 0 Å². The maximum absolute atomic E-state index is 14.5. The van der Waals surface area contributed by atoms with E-state index in [0.717, 1.165) is 4.90 Å². The van der Waals surface area contributed by atoms with Crippen molar-refractivity contribution in [3.05, 3.63) is 22.5 Å². The van der Waals surface area contributed by atoms with E-state index in [2.05, 4.69) is 0 Å². The first kappa shape index (κ1) is 19.7. The highest BCUT2D eigenvalue weighted by atomic mass is 35.5. The van der Waals surface area contributed by atoms with Gasteiger partial charge in [0, 0.05) is 11.6 Å². The van der Waals surface area contributed by atoms with Gasteiger partial charge in [-0.25, -0.2) is 18.1 Å². The maximum atomic E-state index is 14.5. The van der Waals surface area contributed by atoms with Crippen molar-refractivity contribution in [2.75, 3.05) is 11.8 Å². The summed E-state index contributed by atoms with van der Waals surface area (Å²) in [6.45, 7) is 0.0640. The molecule has 0 bridgehead atoms. The normalized spacial score (nSPS) is 28.6. The highest BCUT2D eigenvalue weighted by Crippen LogP contribution is 2.43. The van der Waals surface area contributed by atoms with Crippen LogP contribution < -0.4 is 4.72 Å². The number of urea groups is 1. The molecule has 0 aromatic heterocycles. The highest BCUT2D eigenvalue weighted by molar-refractivity contribution is 7.90. The molecule has 0 spiro atoms. The number of alkyl halides is 4. The van der Waals surface area contributed by atoms with Gasteiger partial charge in [-0.1, -0.05) is 11.6 Å². The van der Waals surface area contributed by atoms with Gasteiger partial charge in [0.25, 0.3) is 11.8 Å². The van der Waals surface area contributed by atoms with Crippen LogP contribution in [0.15, 0.2) is 22.5 Å². The lowest BCUT2D eigenvalue weighted by Gasteiger charge is -2.30. The van der Waals surface area contributed by atoms with Gasteiger partial charge in [-0.05, 0) is 12.5 Å². The molecule has 0 aromatic carbocycles. The second kappa shape index (κ2) is 6.50. The van der Waals surface area contributed by atoms with Crippen LogP contribution in [-0.2, 0) is 14.8 Å². The molecule has 0 saturated carbocycles. The number of allylic oxidation sites excluding steroid dienone is 3. The number of sulfonamides is 1. The van der Waals surface area contributed by atoms with Crippen LogP contribution in [0.5, 0.6) is 0 Å². The predicted octanol–water partition coefficient (Wildman–Crippen LogP) is 2.12. The monoisotopic (exact) mass is 449 g/mol. The zero-order valence-electron chi connectivity index (χ0n) is 12.9. The van der Waals surface area contributed by atoms with E-state index in [1.807, 2.05) is 4.72 Å². The summed E-state index contributed by atoms with van der Waals surface area (Å²) in [5, 5.41) is -1.72. The molecule has 2 saturated heterocycles. The standard InChI is InChI=1S/C13H12Cl3F2N3O4S/c14-5-26(24,25)19-8-2-10(13(17,18)3-7(8)16)21-11(22)9-1-6(15)4-20(9)12(21)23/h2,6,9,19H,1,3-5H2/t6-,9-/m0/s1. The zero-order chi connectivity index (χ0) is 19.4. The summed E-state index contributed by atoms with van der Waals surface area (Å²) >= 11 is 17.0. The summed E-state index contributed by atoms with van der Waals surface area (Å²) in [5.41, 5.74) is -1.30. The van der Waals surface area contributed by atoms with Gasteiger partial charge in [-0.2, -0.15) is 8.78 Å². The molecule has 0 unspecified atom stereocenters. The number of carbonyl (C=O) groups is 2. The van der Waals surface area contributed by atoms with E-state index in [4.69, 9.17) is 34.8 Å². The Bertz CT molecular complexity index is 822. The summed E-state index contributed by atoms with van der Waals surface area (Å²) in [5.74, 6) is -4.47. The van der Waals surface area contributed by atoms with Crippen molar-refractivity contribution >= 4 is 56.8 Å². The van der Waals surface area contributed by atoms with E-state index in [9.17, 15) is 26.8 Å². The third-order valence-electron chi connectivity index (χ3n) is 4.17. The lowest BCUT2D eigenvalue weighted by atomic mass is 10.0. The molecule has 0 radical (unpaired) electrons. The minimum Gasteiger partial charge on any atom is -0.310 e. The highest BCUT2D eigenvalue weighted by Gasteiger charge is 2.56. The number of imide groups is 1. The van der Waals surface area contributed by atoms with Crippen LogP contribution in [0.1, 0.15) is 12.8 Å². The average molecular weight is 451 g/mol. The van der Waals surface area contributed by atoms with Crippen molar-refractivity contribution in [1.82, 2.24) is 14.5 Å². The number of rotatable bonds is 4. The molecule has 1 aliphatic carbocycles. The van der Waals surface area contributed by atoms with Crippen LogP contribution in [0.25, 0.3) is 0 Å². The first-order valence-corrected chi connectivity index (χ1v) is 10.3. The van der Waals surface area contributed by atoms with Crippen LogP contribution in [0, 0.1) is 0 Å². The van der Waals surface area contributed by atoms with Crippen LogP contribution in [-0.4, -0.2) is 59.3 Å². The SMILES string of the molecule is O=C1[C@@H]2C[C@H](Cl)CN2C(=O)N1C1=CC(NS(=O)(=O)CCl)=C(Cl)CC1(F)F. The molecular weight excluding hydrogens is 439 g/mol. The molecular formula is C13H12Cl3F2N3O4S. The van der Waals surface area contributed by atoms with Crippen molar-refractivity contribution in [3.63, 3.8) is 0 Å². The topological polar surface area (TPSA) is 86.8 Å². The van der Waals surface area contributed by atoms with E-state index >= 15 is 0 Å². The van der Waals surface area contributed by atoms with Crippen molar-refractivity contribution < 1.29 is 26.8 Å². The first-order chi connectivity index (χ1) is 12.0. The molecule has 2 fully saturated rings. The molecule has 3 rings (SSSR count). The van der Waals surface area contributed by atoms with Crippen LogP contribution in [0.3, 0.4) is 0 Å². The Morgan fingerprint density at radius 3 is 2.58 bits per heavy atom. The second-order valence-electron chi connectivity index (χ2n) is 6.01. The molecule has 2 atom stereocenters. The Morgan fingerprint density at radius 1 is 1.35 bits per heavy atom. The van der Waals surface area contributed by atoms with Gasteiger partial charge in [-0.15, -0.1) is 23.2 Å². The number of amides is 3. The van der Waals surface area contributed by atoms with E-state index < -0.39 is 61.7 Å². The molecule has 1 N–H and O–H groups in total. The summed E-state index contributed by atoms with van der Waals surface area (Å²) in [7, 11) is -4.02. The molecule has 144 valence electrons. The van der Waals surface area contributed by atoms with Gasteiger partial charge in [-0.3, -0.25) is 9.52 Å². The molecule has 26 heavy (non-hydrogen) atoms. The third kappa shape index (κ3) is 3.28. The van der Waals surface area contributed by atoms with E-state index in [1.54, 1.807) is 0 Å². The number of carbonyl (C=O) groups excluding carboxylic acids is 2. The molecule has 2 heterocycles. The fraction of sp³-hybridized carbons (Fsp3) is 0.538. The van der Waals surface area contributed by atoms with E-state index in [1.165, 1.54) is 0 Å². The molecule has 3 amide bonds. The minimum atomic E-state index is -4.02. The summed E-state index contributed by atoms with van der Waals surface area (Å²) in [6, 6.07) is -1.84. The molecule has 2 aliphatic heterocycles. The van der Waals surface area contributed by atoms with Crippen LogP contribution >= 0.6 is 34.8 Å². The van der Waals surface area contributed by atoms with E-state index in [-0.39, 0.29) is 18.7 Å². The Balaban J connectivity index is 1.99. The molecule has 0 aromatic rings. The number of fused-ring (bicyclic) bond motifs is 1. The van der Waals surface area contributed by atoms with Gasteiger partial charge in [0.15, 0.2) is 0 Å². The van der Waals surface area contributed by atoms with Gasteiger partial charge >= 0.3 is 6.03 Å². The number of halogens is 5. The number of nitrogens with one attached hydrogen (secondary N) is 1. The number of hydrogen-bond acceptors (Lipinski definition) is 4. The van der Waals surface area contributed by atoms with Crippen molar-refractivity contribution in [2.45, 2.75) is 30.2 Å². The average Bonchev–Trinajstić information content (AvgIpc) is 3.01. The molecule has 7 nitrogen and oxygen atoms in total. The number of hydrogen-bond donors (Lipinski definition) is 1. The second-order valence-corrected chi connectivity index (χ2v) is 9.39. The fourth-order valence-electron chi connectivity index (χ4n) is 3.03. The smallest absolute Gasteiger partial charge is 0.310 e. The quantitative estimate of drug-likeness (QED) is 0.525. The Morgan fingerprint density at radius 2 is 2.00 bits per heavy atom. The summed E-state index contributed by atoms with van der Waals surface area (Å²) < 4.78 is 54.1. The van der Waals surface area contributed by atoms with Crippen molar-refractivity contribution in [1.29, 1.82) is 0 Å². The maximum Gasteiger partial charge on any atom is 0.332 e. The predicted molar refractivity (Wildman–Crippen MR) is 90.3 cm³/mol. The van der Waals surface area contributed by atoms with Gasteiger partial charge in [0.05, 0.1) is 17.5 Å². The largest absolute Gasteiger partial charge is 0.332 e. The fourth-order valence-corrected chi connectivity index (χ4v) is 4.41. The summed E-state index contributed by atoms with van der Waals surface area (Å²) in [4.78, 5) is 26.4. The lowest BCUT2D eigenvalue weighted by molar-refractivity contribution is -0.128. The number of nitrogens with zero attached hydrogens (tertiary/aromatic N) is 2.